The van der Waals surface area contributed by atoms with E-state index in [1.165, 1.54) is 56.2 Å². The van der Waals surface area contributed by atoms with E-state index in [4.69, 9.17) is 0 Å². The Hall–Kier alpha value is -4.59. The zero-order chi connectivity index (χ0) is 33.5. The summed E-state index contributed by atoms with van der Waals surface area (Å²) in [6.07, 6.45) is -3.37. The quantitative estimate of drug-likeness (QED) is 0.170. The first-order chi connectivity index (χ1) is 23.8. The van der Waals surface area contributed by atoms with Gasteiger partial charge in [-0.2, -0.15) is 13.2 Å². The molecule has 8 rings (SSSR count). The predicted molar refractivity (Wildman–Crippen MR) is 193 cm³/mol. The Kier molecular flexibility index (Phi) is 8.42. The standard InChI is InChI=1S/C42H41F3N4/c1-46-39-17-8-7-16-36(39)37-26-31(18-19-40(37)46)41-38(29-47-22-24-48(25-23-47)34-14-9-13-33(27-34)42(43,44)45)35-15-6-5-12-32(35)28-49(41)21-20-30-10-3-2-4-11-30/h2-19,26-27,38,41H,20-25,28-29H2,1H3/t38-,41+/m0/s1. The SMILES string of the molecule is Cn1c2ccccc2c2cc([C@@H]3[C@@H](CN4CCN(c5cccc(C(F)(F)F)c5)CC4)c4ccccc4CN3CCc3ccccc3)ccc21. The molecule has 250 valence electrons. The third-order valence-corrected chi connectivity index (χ3v) is 10.8. The fourth-order valence-corrected chi connectivity index (χ4v) is 8.27. The minimum atomic E-state index is -4.34. The minimum Gasteiger partial charge on any atom is -0.369 e. The normalized spacial score (nSPS) is 19.1. The zero-order valence-corrected chi connectivity index (χ0v) is 27.8. The number of anilines is 1. The average Bonchev–Trinajstić information content (AvgIpc) is 3.42. The van der Waals surface area contributed by atoms with E-state index in [0.717, 1.165) is 45.2 Å². The van der Waals surface area contributed by atoms with Crippen LogP contribution in [0, 0.1) is 0 Å². The third-order valence-electron chi connectivity index (χ3n) is 10.8. The van der Waals surface area contributed by atoms with Crippen molar-refractivity contribution < 1.29 is 13.2 Å². The number of fused-ring (bicyclic) bond motifs is 4. The van der Waals surface area contributed by atoms with E-state index < -0.39 is 11.7 Å². The van der Waals surface area contributed by atoms with Crippen molar-refractivity contribution in [3.05, 3.63) is 149 Å². The number of alkyl halides is 3. The molecule has 1 fully saturated rings. The molecule has 3 heterocycles. The maximum Gasteiger partial charge on any atom is 0.416 e. The highest BCUT2D eigenvalue weighted by molar-refractivity contribution is 6.08. The Morgan fingerprint density at radius 1 is 0.694 bits per heavy atom. The molecular weight excluding hydrogens is 617 g/mol. The van der Waals surface area contributed by atoms with E-state index in [9.17, 15) is 13.2 Å². The Bertz CT molecular complexity index is 2080. The molecule has 4 nitrogen and oxygen atoms in total. The van der Waals surface area contributed by atoms with Gasteiger partial charge in [0.05, 0.1) is 5.56 Å². The lowest BCUT2D eigenvalue weighted by atomic mass is 9.79. The van der Waals surface area contributed by atoms with Crippen LogP contribution in [0.2, 0.25) is 0 Å². The van der Waals surface area contributed by atoms with Crippen LogP contribution >= 0.6 is 0 Å². The van der Waals surface area contributed by atoms with Gasteiger partial charge in [-0.1, -0.05) is 84.9 Å². The molecule has 49 heavy (non-hydrogen) atoms. The summed E-state index contributed by atoms with van der Waals surface area (Å²) < 4.78 is 42.7. The molecular formula is C42H41F3N4. The highest BCUT2D eigenvalue weighted by atomic mass is 19.4. The first-order valence-corrected chi connectivity index (χ1v) is 17.3. The van der Waals surface area contributed by atoms with E-state index in [1.807, 2.05) is 0 Å². The molecule has 0 amide bonds. The van der Waals surface area contributed by atoms with Crippen LogP contribution in [-0.2, 0) is 26.2 Å². The topological polar surface area (TPSA) is 14.7 Å². The number of aryl methyl sites for hydroxylation is 1. The van der Waals surface area contributed by atoms with Gasteiger partial charge in [0, 0.05) is 92.3 Å². The van der Waals surface area contributed by atoms with Gasteiger partial charge in [-0.15, -0.1) is 0 Å². The van der Waals surface area contributed by atoms with Gasteiger partial charge in [0.1, 0.15) is 0 Å². The number of hydrogen-bond acceptors (Lipinski definition) is 3. The van der Waals surface area contributed by atoms with Gasteiger partial charge in [0.25, 0.3) is 0 Å². The Morgan fingerprint density at radius 3 is 2.24 bits per heavy atom. The molecule has 0 unspecified atom stereocenters. The van der Waals surface area contributed by atoms with Gasteiger partial charge < -0.3 is 9.47 Å². The highest BCUT2D eigenvalue weighted by Crippen LogP contribution is 2.45. The molecule has 2 aliphatic rings. The first-order valence-electron chi connectivity index (χ1n) is 17.3. The zero-order valence-electron chi connectivity index (χ0n) is 27.8. The lowest BCUT2D eigenvalue weighted by Gasteiger charge is -2.46. The summed E-state index contributed by atoms with van der Waals surface area (Å²) in [7, 11) is 2.15. The van der Waals surface area contributed by atoms with Crippen LogP contribution in [0.3, 0.4) is 0 Å². The summed E-state index contributed by atoms with van der Waals surface area (Å²) in [6, 6.07) is 41.3. The van der Waals surface area contributed by atoms with Crippen LogP contribution < -0.4 is 4.90 Å². The smallest absolute Gasteiger partial charge is 0.369 e. The monoisotopic (exact) mass is 658 g/mol. The molecule has 0 radical (unpaired) electrons. The highest BCUT2D eigenvalue weighted by Gasteiger charge is 2.38. The molecule has 2 atom stereocenters. The van der Waals surface area contributed by atoms with Gasteiger partial charge in [0.2, 0.25) is 0 Å². The van der Waals surface area contributed by atoms with Gasteiger partial charge in [-0.25, -0.2) is 0 Å². The Labute approximate surface area is 286 Å². The van der Waals surface area contributed by atoms with Crippen LogP contribution in [0.1, 0.15) is 39.8 Å². The Balaban J connectivity index is 1.13. The largest absolute Gasteiger partial charge is 0.416 e. The van der Waals surface area contributed by atoms with Crippen molar-refractivity contribution in [1.29, 1.82) is 0 Å². The van der Waals surface area contributed by atoms with Gasteiger partial charge >= 0.3 is 6.18 Å². The van der Waals surface area contributed by atoms with Crippen LogP contribution in [0.25, 0.3) is 21.8 Å². The molecule has 0 N–H and O–H groups in total. The second-order valence-corrected chi connectivity index (χ2v) is 13.6. The van der Waals surface area contributed by atoms with Crippen molar-refractivity contribution in [3.63, 3.8) is 0 Å². The molecule has 1 aromatic heterocycles. The van der Waals surface area contributed by atoms with Crippen molar-refractivity contribution in [2.75, 3.05) is 44.2 Å². The predicted octanol–water partition coefficient (Wildman–Crippen LogP) is 9.06. The van der Waals surface area contributed by atoms with Crippen LogP contribution in [-0.4, -0.2) is 53.6 Å². The van der Waals surface area contributed by atoms with Crippen molar-refractivity contribution >= 4 is 27.5 Å². The molecule has 0 saturated carbocycles. The molecule has 0 spiro atoms. The van der Waals surface area contributed by atoms with Crippen molar-refractivity contribution in [2.24, 2.45) is 7.05 Å². The van der Waals surface area contributed by atoms with Crippen LogP contribution in [0.5, 0.6) is 0 Å². The van der Waals surface area contributed by atoms with E-state index in [2.05, 4.69) is 123 Å². The van der Waals surface area contributed by atoms with E-state index in [0.29, 0.717) is 18.8 Å². The summed E-state index contributed by atoms with van der Waals surface area (Å²) in [5.74, 6) is 0.230. The molecule has 7 heteroatoms. The fourth-order valence-electron chi connectivity index (χ4n) is 8.27. The van der Waals surface area contributed by atoms with E-state index in [-0.39, 0.29) is 12.0 Å². The van der Waals surface area contributed by atoms with Crippen LogP contribution in [0.4, 0.5) is 18.9 Å². The van der Waals surface area contributed by atoms with Crippen molar-refractivity contribution in [2.45, 2.75) is 31.1 Å². The number of nitrogens with zero attached hydrogens (tertiary/aromatic N) is 4. The van der Waals surface area contributed by atoms with Crippen molar-refractivity contribution in [3.8, 4) is 0 Å². The molecule has 5 aromatic carbocycles. The lowest BCUT2D eigenvalue weighted by Crippen LogP contribution is -2.49. The number of piperazine rings is 1. The second kappa shape index (κ2) is 13.0. The minimum absolute atomic E-state index is 0.170. The molecule has 0 aliphatic carbocycles. The fraction of sp³-hybridized carbons (Fsp3) is 0.286. The maximum absolute atomic E-state index is 13.5. The molecule has 0 bridgehead atoms. The number of para-hydroxylation sites is 1. The first kappa shape index (κ1) is 31.7. The van der Waals surface area contributed by atoms with E-state index in [1.54, 1.807) is 6.07 Å². The van der Waals surface area contributed by atoms with Gasteiger partial charge in [-0.05, 0) is 65.1 Å². The van der Waals surface area contributed by atoms with Crippen LogP contribution in [0.15, 0.2) is 121 Å². The number of halogens is 3. The number of rotatable bonds is 7. The van der Waals surface area contributed by atoms with E-state index >= 15 is 0 Å². The number of hydrogen-bond donors (Lipinski definition) is 0. The molecule has 6 aromatic rings. The number of aromatic nitrogens is 1. The second-order valence-electron chi connectivity index (χ2n) is 13.6. The van der Waals surface area contributed by atoms with Gasteiger partial charge in [0.15, 0.2) is 0 Å². The summed E-state index contributed by atoms with van der Waals surface area (Å²) >= 11 is 0. The Morgan fingerprint density at radius 2 is 1.43 bits per heavy atom. The lowest BCUT2D eigenvalue weighted by molar-refractivity contribution is -0.137. The summed E-state index contributed by atoms with van der Waals surface area (Å²) in [5, 5.41) is 2.56. The maximum atomic E-state index is 13.5. The average molecular weight is 659 g/mol. The van der Waals surface area contributed by atoms with Gasteiger partial charge in [-0.3, -0.25) is 9.80 Å². The summed E-state index contributed by atoms with van der Waals surface area (Å²) in [6.45, 7) is 5.70. The summed E-state index contributed by atoms with van der Waals surface area (Å²) in [5.41, 5.74) is 7.98. The molecule has 2 aliphatic heterocycles. The number of benzene rings is 5. The molecule has 1 saturated heterocycles. The summed E-state index contributed by atoms with van der Waals surface area (Å²) in [4.78, 5) is 7.31. The third kappa shape index (κ3) is 6.22. The van der Waals surface area contributed by atoms with Crippen molar-refractivity contribution in [1.82, 2.24) is 14.4 Å².